The Morgan fingerprint density at radius 2 is 1.91 bits per heavy atom. The van der Waals surface area contributed by atoms with E-state index in [0.717, 1.165) is 0 Å². The van der Waals surface area contributed by atoms with E-state index in [1.54, 1.807) is 12.1 Å². The zero-order valence-corrected chi connectivity index (χ0v) is 14.8. The van der Waals surface area contributed by atoms with E-state index >= 15 is 0 Å². The van der Waals surface area contributed by atoms with E-state index < -0.39 is 10.0 Å². The van der Waals surface area contributed by atoms with Crippen molar-refractivity contribution in [3.05, 3.63) is 18.2 Å². The second kappa shape index (κ2) is 7.50. The molecule has 1 aromatic carbocycles. The van der Waals surface area contributed by atoms with Gasteiger partial charge in [-0.15, -0.1) is 12.4 Å². The third-order valence-corrected chi connectivity index (χ3v) is 5.67. The van der Waals surface area contributed by atoms with Gasteiger partial charge in [-0.05, 0) is 26.0 Å². The molecule has 2 rings (SSSR count). The van der Waals surface area contributed by atoms with Gasteiger partial charge in [-0.2, -0.15) is 4.31 Å². The Morgan fingerprint density at radius 1 is 1.23 bits per heavy atom. The van der Waals surface area contributed by atoms with E-state index in [1.807, 2.05) is 13.8 Å². The molecule has 0 spiro atoms. The van der Waals surface area contributed by atoms with Crippen molar-refractivity contribution >= 4 is 22.4 Å². The van der Waals surface area contributed by atoms with Crippen LogP contribution in [0.25, 0.3) is 0 Å². The van der Waals surface area contributed by atoms with Crippen molar-refractivity contribution in [2.45, 2.75) is 30.8 Å². The summed E-state index contributed by atoms with van der Waals surface area (Å²) in [6.07, 6.45) is 0. The molecule has 1 aliphatic rings. The Labute approximate surface area is 138 Å². The van der Waals surface area contributed by atoms with Crippen LogP contribution in [0.4, 0.5) is 0 Å². The van der Waals surface area contributed by atoms with Crippen molar-refractivity contribution in [3.8, 4) is 11.5 Å². The fourth-order valence-corrected chi connectivity index (χ4v) is 4.33. The van der Waals surface area contributed by atoms with Crippen molar-refractivity contribution in [2.75, 3.05) is 27.3 Å². The summed E-state index contributed by atoms with van der Waals surface area (Å²) in [5.41, 5.74) is 0. The number of benzene rings is 1. The first kappa shape index (κ1) is 19.0. The van der Waals surface area contributed by atoms with Gasteiger partial charge in [0.25, 0.3) is 0 Å². The van der Waals surface area contributed by atoms with E-state index in [4.69, 9.17) is 9.47 Å². The molecule has 0 bridgehead atoms. The zero-order chi connectivity index (χ0) is 15.6. The van der Waals surface area contributed by atoms with Crippen LogP contribution in [0, 0.1) is 0 Å². The number of rotatable bonds is 4. The summed E-state index contributed by atoms with van der Waals surface area (Å²) in [5, 5.41) is 3.27. The highest BCUT2D eigenvalue weighted by atomic mass is 35.5. The van der Waals surface area contributed by atoms with Gasteiger partial charge in [0.05, 0.1) is 14.2 Å². The molecule has 8 heteroatoms. The van der Waals surface area contributed by atoms with Gasteiger partial charge in [0.1, 0.15) is 16.4 Å². The standard InChI is InChI=1S/C14H22N2O4S.ClH/c1-10-9-16(11(2)8-15-10)21(17,18)14-7-12(19-3)5-6-13(14)20-4;/h5-7,10-11,15H,8-9H2,1-4H3;1H. The monoisotopic (exact) mass is 350 g/mol. The van der Waals surface area contributed by atoms with Crippen molar-refractivity contribution in [1.82, 2.24) is 9.62 Å². The largest absolute Gasteiger partial charge is 0.497 e. The molecule has 0 aromatic heterocycles. The lowest BCUT2D eigenvalue weighted by atomic mass is 10.2. The minimum atomic E-state index is -3.63. The van der Waals surface area contributed by atoms with E-state index in [-0.39, 0.29) is 29.4 Å². The normalized spacial score (nSPS) is 22.7. The molecule has 6 nitrogen and oxygen atoms in total. The molecule has 1 heterocycles. The maximum atomic E-state index is 13.0. The number of halogens is 1. The number of ether oxygens (including phenoxy) is 2. The molecule has 0 aliphatic carbocycles. The summed E-state index contributed by atoms with van der Waals surface area (Å²) in [4.78, 5) is 0.144. The Hall–Kier alpha value is -1.02. The van der Waals surface area contributed by atoms with Crippen LogP contribution in [0.1, 0.15) is 13.8 Å². The Morgan fingerprint density at radius 3 is 2.50 bits per heavy atom. The topological polar surface area (TPSA) is 67.9 Å². The molecule has 22 heavy (non-hydrogen) atoms. The number of nitrogens with zero attached hydrogens (tertiary/aromatic N) is 1. The Balaban J connectivity index is 0.00000242. The van der Waals surface area contributed by atoms with Gasteiger partial charge >= 0.3 is 0 Å². The third kappa shape index (κ3) is 3.65. The van der Waals surface area contributed by atoms with Crippen LogP contribution in [-0.2, 0) is 10.0 Å². The quantitative estimate of drug-likeness (QED) is 0.891. The molecular formula is C14H23ClN2O4S. The SMILES string of the molecule is COc1ccc(OC)c(S(=O)(=O)N2CC(C)NCC2C)c1.Cl. The predicted molar refractivity (Wildman–Crippen MR) is 87.6 cm³/mol. The second-order valence-corrected chi connectivity index (χ2v) is 7.11. The molecule has 2 unspecified atom stereocenters. The summed E-state index contributed by atoms with van der Waals surface area (Å²) in [6, 6.07) is 4.81. The van der Waals surface area contributed by atoms with E-state index in [0.29, 0.717) is 24.6 Å². The Bertz CT molecular complexity index is 609. The van der Waals surface area contributed by atoms with Crippen LogP contribution in [-0.4, -0.2) is 52.1 Å². The molecule has 0 saturated carbocycles. The van der Waals surface area contributed by atoms with Gasteiger partial charge < -0.3 is 14.8 Å². The van der Waals surface area contributed by atoms with Gasteiger partial charge in [-0.3, -0.25) is 0 Å². The van der Waals surface area contributed by atoms with E-state index in [1.165, 1.54) is 24.6 Å². The molecule has 1 fully saturated rings. The average molecular weight is 351 g/mol. The summed E-state index contributed by atoms with van der Waals surface area (Å²) < 4.78 is 37.8. The smallest absolute Gasteiger partial charge is 0.247 e. The summed E-state index contributed by atoms with van der Waals surface area (Å²) >= 11 is 0. The Kier molecular flexibility index (Phi) is 6.49. The summed E-state index contributed by atoms with van der Waals surface area (Å²) in [6.45, 7) is 4.93. The zero-order valence-electron chi connectivity index (χ0n) is 13.2. The van der Waals surface area contributed by atoms with Crippen LogP contribution >= 0.6 is 12.4 Å². The van der Waals surface area contributed by atoms with E-state index in [2.05, 4.69) is 5.32 Å². The van der Waals surface area contributed by atoms with Crippen molar-refractivity contribution in [3.63, 3.8) is 0 Å². The van der Waals surface area contributed by atoms with Crippen LogP contribution in [0.3, 0.4) is 0 Å². The number of hydrogen-bond donors (Lipinski definition) is 1. The maximum Gasteiger partial charge on any atom is 0.247 e. The molecule has 1 N–H and O–H groups in total. The minimum absolute atomic E-state index is 0. The van der Waals surface area contributed by atoms with Crippen molar-refractivity contribution in [1.29, 1.82) is 0 Å². The second-order valence-electron chi connectivity index (χ2n) is 5.25. The van der Waals surface area contributed by atoms with Crippen LogP contribution < -0.4 is 14.8 Å². The number of methoxy groups -OCH3 is 2. The highest BCUT2D eigenvalue weighted by molar-refractivity contribution is 7.89. The molecule has 0 amide bonds. The molecular weight excluding hydrogens is 328 g/mol. The number of hydrogen-bond acceptors (Lipinski definition) is 5. The molecule has 1 aliphatic heterocycles. The van der Waals surface area contributed by atoms with Crippen LogP contribution in [0.2, 0.25) is 0 Å². The molecule has 0 radical (unpaired) electrons. The van der Waals surface area contributed by atoms with Gasteiger partial charge in [-0.1, -0.05) is 0 Å². The highest BCUT2D eigenvalue weighted by Crippen LogP contribution is 2.32. The lowest BCUT2D eigenvalue weighted by Gasteiger charge is -2.36. The number of sulfonamides is 1. The lowest BCUT2D eigenvalue weighted by molar-refractivity contribution is 0.244. The van der Waals surface area contributed by atoms with Gasteiger partial charge in [0, 0.05) is 31.2 Å². The predicted octanol–water partition coefficient (Wildman–Crippen LogP) is 1.50. The first-order chi connectivity index (χ1) is 9.90. The first-order valence-electron chi connectivity index (χ1n) is 6.87. The lowest BCUT2D eigenvalue weighted by Crippen LogP contribution is -2.56. The van der Waals surface area contributed by atoms with Crippen molar-refractivity contribution in [2.24, 2.45) is 0 Å². The van der Waals surface area contributed by atoms with Gasteiger partial charge in [0.15, 0.2) is 0 Å². The van der Waals surface area contributed by atoms with Crippen molar-refractivity contribution < 1.29 is 17.9 Å². The third-order valence-electron chi connectivity index (χ3n) is 3.66. The molecule has 126 valence electrons. The average Bonchev–Trinajstić information content (AvgIpc) is 2.48. The summed E-state index contributed by atoms with van der Waals surface area (Å²) in [5.74, 6) is 0.819. The molecule has 1 aromatic rings. The number of nitrogens with one attached hydrogen (secondary N) is 1. The fraction of sp³-hybridized carbons (Fsp3) is 0.571. The van der Waals surface area contributed by atoms with Gasteiger partial charge in [-0.25, -0.2) is 8.42 Å². The minimum Gasteiger partial charge on any atom is -0.497 e. The van der Waals surface area contributed by atoms with Crippen LogP contribution in [0.15, 0.2) is 23.1 Å². The van der Waals surface area contributed by atoms with E-state index in [9.17, 15) is 8.42 Å². The maximum absolute atomic E-state index is 13.0. The van der Waals surface area contributed by atoms with Gasteiger partial charge in [0.2, 0.25) is 10.0 Å². The first-order valence-corrected chi connectivity index (χ1v) is 8.31. The summed E-state index contributed by atoms with van der Waals surface area (Å²) in [7, 11) is -0.661. The molecule has 1 saturated heterocycles. The highest BCUT2D eigenvalue weighted by Gasteiger charge is 2.35. The number of piperazine rings is 1. The molecule has 2 atom stereocenters. The van der Waals surface area contributed by atoms with Crippen LogP contribution in [0.5, 0.6) is 11.5 Å². The fourth-order valence-electron chi connectivity index (χ4n) is 2.43.